The molecule has 8 aromatic rings. The average molecular weight is 1440 g/mol. The monoisotopic (exact) mass is 1440 g/mol. The summed E-state index contributed by atoms with van der Waals surface area (Å²) in [7, 11) is 1.37. The lowest BCUT2D eigenvalue weighted by Gasteiger charge is -2.26. The number of aryl methyl sites for hydroxylation is 1. The van der Waals surface area contributed by atoms with Crippen LogP contribution in [0.25, 0.3) is 0 Å². The number of carbonyl (C=O) groups excluding carboxylic acids is 8. The highest BCUT2D eigenvalue weighted by molar-refractivity contribution is 5.94. The summed E-state index contributed by atoms with van der Waals surface area (Å²) in [5.74, 6) is -3.65. The van der Waals surface area contributed by atoms with E-state index in [1.165, 1.54) is 7.11 Å². The summed E-state index contributed by atoms with van der Waals surface area (Å²) in [6.45, 7) is 11.1. The first-order valence-electron chi connectivity index (χ1n) is 33.6. The second-order valence-corrected chi connectivity index (χ2v) is 23.5. The van der Waals surface area contributed by atoms with Crippen LogP contribution in [0.3, 0.4) is 0 Å². The topological polar surface area (TPSA) is 355 Å². The molecule has 1 atom stereocenters. The molecule has 0 spiro atoms. The quantitative estimate of drug-likeness (QED) is 0.0212. The molecule has 3 saturated heterocycles. The largest absolute Gasteiger partial charge is 0.481 e. The molecular formula is C81H93N5O19. The molecule has 0 saturated carbocycles. The van der Waals surface area contributed by atoms with Crippen molar-refractivity contribution in [2.24, 2.45) is 5.92 Å². The summed E-state index contributed by atoms with van der Waals surface area (Å²) in [4.78, 5) is 116. The van der Waals surface area contributed by atoms with E-state index < -0.39 is 35.9 Å². The zero-order valence-corrected chi connectivity index (χ0v) is 59.5. The second-order valence-electron chi connectivity index (χ2n) is 23.5. The van der Waals surface area contributed by atoms with E-state index in [9.17, 15) is 52.7 Å². The van der Waals surface area contributed by atoms with Crippen LogP contribution in [0.15, 0.2) is 243 Å². The van der Waals surface area contributed by atoms with Crippen LogP contribution < -0.4 is 26.6 Å². The van der Waals surface area contributed by atoms with Crippen LogP contribution in [0.1, 0.15) is 127 Å². The summed E-state index contributed by atoms with van der Waals surface area (Å²) in [6, 6.07) is 76.6. The molecule has 24 heteroatoms. The molecule has 105 heavy (non-hydrogen) atoms. The Balaban J connectivity index is 0.000000313. The molecule has 0 radical (unpaired) electrons. The number of urea groups is 1. The van der Waals surface area contributed by atoms with Crippen molar-refractivity contribution < 1.29 is 91.7 Å². The zero-order chi connectivity index (χ0) is 76.9. The molecule has 3 heterocycles. The summed E-state index contributed by atoms with van der Waals surface area (Å²) < 4.78 is 23.3. The van der Waals surface area contributed by atoms with Gasteiger partial charge in [-0.2, -0.15) is 0 Å². The lowest BCUT2D eigenvalue weighted by molar-refractivity contribution is -0.152. The van der Waals surface area contributed by atoms with Crippen molar-refractivity contribution in [3.05, 3.63) is 287 Å². The normalized spacial score (nSPS) is 12.8. The molecule has 3 aliphatic rings. The number of ether oxygens (including phenoxy) is 5. The minimum Gasteiger partial charge on any atom is -0.481 e. The van der Waals surface area contributed by atoms with E-state index in [2.05, 4.69) is 54.6 Å². The van der Waals surface area contributed by atoms with Crippen LogP contribution in [0.5, 0.6) is 0 Å². The van der Waals surface area contributed by atoms with Gasteiger partial charge in [-0.25, -0.2) is 19.2 Å². The Hall–Kier alpha value is -12.5. The number of carbonyl (C=O) groups is 11. The van der Waals surface area contributed by atoms with Crippen LogP contribution in [0, 0.1) is 5.92 Å². The number of benzene rings is 8. The number of cyclic esters (lactones) is 4. The predicted octanol–water partition coefficient (Wildman–Crippen LogP) is 13.2. The van der Waals surface area contributed by atoms with E-state index in [1.54, 1.807) is 36.4 Å². The van der Waals surface area contributed by atoms with Crippen molar-refractivity contribution in [2.45, 2.75) is 123 Å². The Labute approximate surface area is 611 Å². The van der Waals surface area contributed by atoms with Crippen molar-refractivity contribution in [1.29, 1.82) is 0 Å². The molecule has 11 rings (SSSR count). The van der Waals surface area contributed by atoms with Gasteiger partial charge in [0.25, 0.3) is 5.91 Å². The van der Waals surface area contributed by atoms with Crippen molar-refractivity contribution in [1.82, 2.24) is 26.6 Å². The van der Waals surface area contributed by atoms with E-state index in [4.69, 9.17) is 24.8 Å². The molecule has 24 nitrogen and oxygen atoms in total. The van der Waals surface area contributed by atoms with Gasteiger partial charge in [0, 0.05) is 44.6 Å². The van der Waals surface area contributed by atoms with Gasteiger partial charge < -0.3 is 65.6 Å². The summed E-state index contributed by atoms with van der Waals surface area (Å²) in [5, 5.41) is 38.2. The molecule has 3 fully saturated rings. The van der Waals surface area contributed by atoms with Crippen molar-refractivity contribution in [3.8, 4) is 0 Å². The number of rotatable bonds is 19. The van der Waals surface area contributed by atoms with Crippen LogP contribution in [0.4, 0.5) is 14.4 Å². The lowest BCUT2D eigenvalue weighted by atomic mass is 9.90. The number of carboxylic acids is 3. The van der Waals surface area contributed by atoms with E-state index in [0.717, 1.165) is 39.8 Å². The third-order valence-electron chi connectivity index (χ3n) is 14.2. The predicted molar refractivity (Wildman–Crippen MR) is 393 cm³/mol. The molecular weight excluding hydrogens is 1350 g/mol. The van der Waals surface area contributed by atoms with Crippen molar-refractivity contribution >= 4 is 65.9 Å². The average Bonchev–Trinajstić information content (AvgIpc) is 1.68. The third-order valence-corrected chi connectivity index (χ3v) is 14.2. The van der Waals surface area contributed by atoms with Gasteiger partial charge >= 0.3 is 60.0 Å². The smallest absolute Gasteiger partial charge is 0.408 e. The number of hydrogen-bond donors (Lipinski definition) is 8. The maximum atomic E-state index is 11.7. The molecule has 5 amide bonds. The summed E-state index contributed by atoms with van der Waals surface area (Å²) >= 11 is 0. The molecule has 556 valence electrons. The van der Waals surface area contributed by atoms with Crippen LogP contribution in [0.2, 0.25) is 0 Å². The van der Waals surface area contributed by atoms with E-state index in [-0.39, 0.29) is 73.7 Å². The second kappa shape index (κ2) is 51.6. The fourth-order valence-corrected chi connectivity index (χ4v) is 8.94. The van der Waals surface area contributed by atoms with Gasteiger partial charge in [0.1, 0.15) is 12.2 Å². The highest BCUT2D eigenvalue weighted by atomic mass is 16.6. The Morgan fingerprint density at radius 3 is 1.13 bits per heavy atom. The summed E-state index contributed by atoms with van der Waals surface area (Å²) in [5.41, 5.74) is 7.32. The number of alkyl carbamates (subject to hydrolysis) is 2. The number of nitrogens with one attached hydrogen (secondary N) is 5. The van der Waals surface area contributed by atoms with Crippen molar-refractivity contribution in [2.75, 3.05) is 13.7 Å². The van der Waals surface area contributed by atoms with Gasteiger partial charge in [0.2, 0.25) is 0 Å². The fourth-order valence-electron chi connectivity index (χ4n) is 8.94. The fraction of sp³-hybridized carbons (Fsp3) is 0.272. The standard InChI is InChI=1S/C15H16N2O.C15H15NO2.C14H13NO.C9H10O2.C8H15NO2.C8H8O2.C4H6O4.C4H4O3.C4H6O2/c18-15(16-11-13-7-3-1-4-8-13)17-12-14-9-5-2-6-10-14;17-15(16-11-13-7-3-1-4-8-13)18-12-14-9-5-2-6-10-14;16-14(13-9-5-2-6-10-13)15-11-12-7-3-1-4-8-12;10-9(11)7-6-8-4-2-1-3-5-8;1-5(2)6-8(3,4)11-7(10)9-6;1-10-8(9)7-5-3-2-4-6-7;5-3(6)1-2-4(7)8;5-3-1-2-4(6)7-3;5-4-2-1-3-6-4/h1-10H,11-12H2,(H2,16,17,18);1-10H,11-12H2,(H,16,17);1-10H,11H2,(H,15,16);1-5H,6-7H2,(H,10,11);5-6H,1-4H3,(H,9,10);2-6H,1H3;1-2H2,(H,5,6)(H,7,8);1-2H2;1-3H2. The maximum Gasteiger partial charge on any atom is 0.408 e. The molecule has 8 aromatic carbocycles. The van der Waals surface area contributed by atoms with E-state index >= 15 is 0 Å². The first-order valence-corrected chi connectivity index (χ1v) is 33.6. The summed E-state index contributed by atoms with van der Waals surface area (Å²) in [6.07, 6.45) is 1.61. The van der Waals surface area contributed by atoms with Gasteiger partial charge in [-0.05, 0) is 90.3 Å². The highest BCUT2D eigenvalue weighted by Gasteiger charge is 2.42. The molecule has 0 bridgehead atoms. The third kappa shape index (κ3) is 42.4. The first-order chi connectivity index (χ1) is 50.4. The van der Waals surface area contributed by atoms with Gasteiger partial charge in [-0.1, -0.05) is 232 Å². The Bertz CT molecular complexity index is 3620. The number of aliphatic carboxylic acids is 3. The van der Waals surface area contributed by atoms with Crippen LogP contribution >= 0.6 is 0 Å². The molecule has 0 aromatic heterocycles. The zero-order valence-electron chi connectivity index (χ0n) is 59.5. The lowest BCUT2D eigenvalue weighted by Crippen LogP contribution is -2.42. The molecule has 8 N–H and O–H groups in total. The first kappa shape index (κ1) is 86.8. The minimum absolute atomic E-state index is 0.0375. The Morgan fingerprint density at radius 1 is 0.467 bits per heavy atom. The van der Waals surface area contributed by atoms with E-state index in [1.807, 2.05) is 220 Å². The number of methoxy groups -OCH3 is 1. The molecule has 1 unspecified atom stereocenters. The van der Waals surface area contributed by atoms with Gasteiger partial charge in [-0.3, -0.25) is 33.6 Å². The minimum atomic E-state index is -1.08. The maximum absolute atomic E-state index is 11.7. The van der Waals surface area contributed by atoms with Crippen LogP contribution in [-0.2, 0) is 91.7 Å². The Kier molecular flexibility index (Phi) is 42.7. The number of amides is 5. The van der Waals surface area contributed by atoms with E-state index in [0.29, 0.717) is 69.3 Å². The number of hydrogen-bond acceptors (Lipinski definition) is 16. The van der Waals surface area contributed by atoms with Crippen LogP contribution in [-0.4, -0.2) is 107 Å². The Morgan fingerprint density at radius 2 is 0.829 bits per heavy atom. The number of carboxylic acid groups (broad SMARTS) is 3. The van der Waals surface area contributed by atoms with Gasteiger partial charge in [-0.15, -0.1) is 0 Å². The molecule has 3 aliphatic heterocycles. The van der Waals surface area contributed by atoms with Gasteiger partial charge in [0.05, 0.1) is 51.0 Å². The van der Waals surface area contributed by atoms with Crippen molar-refractivity contribution in [3.63, 3.8) is 0 Å². The SMILES string of the molecule is CC(C)C1NC(=O)OC1(C)C.COC(=O)c1ccccc1.O=C(NCc1ccccc1)NCc1ccccc1.O=C(NCc1ccccc1)OCc1ccccc1.O=C(NCc1ccccc1)c1ccccc1.O=C(O)CCC(=O)O.O=C(O)CCc1ccccc1.O=C1CCC(=O)O1.O=C1CCCO1. The highest BCUT2D eigenvalue weighted by Crippen LogP contribution is 2.26. The number of esters is 4. The van der Waals surface area contributed by atoms with Gasteiger partial charge in [0.15, 0.2) is 0 Å². The molecule has 0 aliphatic carbocycles.